The number of hydrogen-bond donors (Lipinski definition) is 4. The zero-order valence-electron chi connectivity index (χ0n) is 22.1. The zero-order valence-corrected chi connectivity index (χ0v) is 22.1. The molecule has 5 aromatic heterocycles. The second-order valence-electron chi connectivity index (χ2n) is 10.9. The molecule has 9 nitrogen and oxygen atoms in total. The minimum Gasteiger partial charge on any atom is -0.508 e. The highest BCUT2D eigenvalue weighted by atomic mass is 19.1. The SMILES string of the molecule is CC(C)(C)CC(=O)Nc1cncc(-c2cnc3[nH]nc(-c4cc5c(-c6cc(O)cc(F)c6)nccc5[nH]4)c3c2)c1. The number of carbonyl (C=O) groups is 1. The lowest BCUT2D eigenvalue weighted by molar-refractivity contribution is -0.117. The van der Waals surface area contributed by atoms with E-state index in [1.807, 2.05) is 45.0 Å². The van der Waals surface area contributed by atoms with Crippen molar-refractivity contribution in [2.75, 3.05) is 5.32 Å². The molecule has 5 heterocycles. The average Bonchev–Trinajstić information content (AvgIpc) is 3.50. The Bertz CT molecular complexity index is 1880. The molecule has 0 aliphatic heterocycles. The van der Waals surface area contributed by atoms with Crippen molar-refractivity contribution in [1.82, 2.24) is 30.1 Å². The Hall–Kier alpha value is -5.12. The Labute approximate surface area is 228 Å². The summed E-state index contributed by atoms with van der Waals surface area (Å²) < 4.78 is 14.0. The Morgan fingerprint density at radius 3 is 2.58 bits per heavy atom. The number of nitrogens with one attached hydrogen (secondary N) is 3. The first kappa shape index (κ1) is 25.2. The standard InChI is InChI=1S/C30H26FN7O2/c1-30(2,3)12-26(40)35-20-7-17(13-32-15-20)18-9-23-28(37-38-29(23)34-14-18)25-11-22-24(36-25)4-5-33-27(22)16-6-19(31)10-21(39)8-16/h4-11,13-15,36,39H,12H2,1-3H3,(H,35,40)(H,34,37,38). The number of carbonyl (C=O) groups excluding carboxylic acids is 1. The highest BCUT2D eigenvalue weighted by Gasteiger charge is 2.18. The first-order valence-corrected chi connectivity index (χ1v) is 12.7. The van der Waals surface area contributed by atoms with Gasteiger partial charge in [-0.1, -0.05) is 20.8 Å². The fraction of sp³-hybridized carbons (Fsp3) is 0.167. The quantitative estimate of drug-likeness (QED) is 0.201. The van der Waals surface area contributed by atoms with Gasteiger partial charge in [-0.15, -0.1) is 0 Å². The molecule has 0 fully saturated rings. The van der Waals surface area contributed by atoms with Crippen molar-refractivity contribution in [3.05, 3.63) is 73.1 Å². The van der Waals surface area contributed by atoms with Crippen molar-refractivity contribution in [2.45, 2.75) is 27.2 Å². The highest BCUT2D eigenvalue weighted by molar-refractivity contribution is 6.00. The lowest BCUT2D eigenvalue weighted by Crippen LogP contribution is -2.19. The van der Waals surface area contributed by atoms with Gasteiger partial charge in [-0.25, -0.2) is 9.37 Å². The van der Waals surface area contributed by atoms with E-state index in [4.69, 9.17) is 0 Å². The first-order chi connectivity index (χ1) is 19.1. The van der Waals surface area contributed by atoms with Crippen molar-refractivity contribution in [2.24, 2.45) is 5.41 Å². The van der Waals surface area contributed by atoms with Crippen LogP contribution >= 0.6 is 0 Å². The molecular weight excluding hydrogens is 509 g/mol. The van der Waals surface area contributed by atoms with Crippen LogP contribution in [0.5, 0.6) is 5.75 Å². The van der Waals surface area contributed by atoms with Gasteiger partial charge in [0, 0.05) is 64.1 Å². The molecule has 1 amide bonds. The van der Waals surface area contributed by atoms with E-state index in [0.717, 1.165) is 39.2 Å². The largest absolute Gasteiger partial charge is 0.508 e. The number of aromatic amines is 2. The van der Waals surface area contributed by atoms with Crippen LogP contribution in [0.3, 0.4) is 0 Å². The maximum absolute atomic E-state index is 14.0. The summed E-state index contributed by atoms with van der Waals surface area (Å²) in [7, 11) is 0. The molecule has 6 aromatic rings. The van der Waals surface area contributed by atoms with Crippen LogP contribution in [0.1, 0.15) is 27.2 Å². The number of halogens is 1. The fourth-order valence-corrected chi connectivity index (χ4v) is 4.74. The number of amides is 1. The van der Waals surface area contributed by atoms with E-state index >= 15 is 0 Å². The van der Waals surface area contributed by atoms with Gasteiger partial charge in [-0.05, 0) is 41.8 Å². The van der Waals surface area contributed by atoms with Crippen LogP contribution in [0.25, 0.3) is 55.7 Å². The Morgan fingerprint density at radius 2 is 1.77 bits per heavy atom. The Morgan fingerprint density at radius 1 is 0.950 bits per heavy atom. The van der Waals surface area contributed by atoms with Crippen LogP contribution in [0.4, 0.5) is 10.1 Å². The van der Waals surface area contributed by atoms with Crippen molar-refractivity contribution in [3.8, 4) is 39.5 Å². The number of pyridine rings is 3. The number of rotatable bonds is 5. The molecule has 0 saturated carbocycles. The zero-order chi connectivity index (χ0) is 28.0. The molecule has 0 saturated heterocycles. The Kier molecular flexibility index (Phi) is 6.02. The molecule has 10 heteroatoms. The number of anilines is 1. The Balaban J connectivity index is 1.37. The molecule has 200 valence electrons. The van der Waals surface area contributed by atoms with Crippen molar-refractivity contribution < 1.29 is 14.3 Å². The number of hydrogen-bond acceptors (Lipinski definition) is 6. The third-order valence-electron chi connectivity index (χ3n) is 6.42. The maximum Gasteiger partial charge on any atom is 0.224 e. The van der Waals surface area contributed by atoms with Gasteiger partial charge in [-0.3, -0.25) is 19.9 Å². The van der Waals surface area contributed by atoms with Gasteiger partial charge >= 0.3 is 0 Å². The molecule has 40 heavy (non-hydrogen) atoms. The maximum atomic E-state index is 14.0. The molecule has 6 rings (SSSR count). The lowest BCUT2D eigenvalue weighted by atomic mass is 9.92. The van der Waals surface area contributed by atoms with Crippen LogP contribution in [0.15, 0.2) is 67.3 Å². The van der Waals surface area contributed by atoms with E-state index in [0.29, 0.717) is 34.7 Å². The van der Waals surface area contributed by atoms with Crippen LogP contribution in [-0.4, -0.2) is 41.1 Å². The average molecular weight is 536 g/mol. The predicted molar refractivity (Wildman–Crippen MR) is 152 cm³/mol. The van der Waals surface area contributed by atoms with Gasteiger partial charge in [0.05, 0.1) is 23.3 Å². The monoisotopic (exact) mass is 535 g/mol. The van der Waals surface area contributed by atoms with E-state index in [-0.39, 0.29) is 17.1 Å². The first-order valence-electron chi connectivity index (χ1n) is 12.7. The summed E-state index contributed by atoms with van der Waals surface area (Å²) in [5.41, 5.74) is 5.84. The summed E-state index contributed by atoms with van der Waals surface area (Å²) in [4.78, 5) is 29.1. The van der Waals surface area contributed by atoms with Crippen LogP contribution in [0, 0.1) is 11.2 Å². The second-order valence-corrected chi connectivity index (χ2v) is 10.9. The van der Waals surface area contributed by atoms with Crippen LogP contribution < -0.4 is 5.32 Å². The smallest absolute Gasteiger partial charge is 0.224 e. The summed E-state index contributed by atoms with van der Waals surface area (Å²) in [5.74, 6) is -0.791. The van der Waals surface area contributed by atoms with E-state index < -0.39 is 5.82 Å². The molecule has 1 aromatic carbocycles. The van der Waals surface area contributed by atoms with Crippen molar-refractivity contribution in [3.63, 3.8) is 0 Å². The van der Waals surface area contributed by atoms with Crippen molar-refractivity contribution in [1.29, 1.82) is 0 Å². The van der Waals surface area contributed by atoms with Crippen LogP contribution in [-0.2, 0) is 4.79 Å². The molecule has 0 radical (unpaired) electrons. The molecule has 0 aliphatic rings. The van der Waals surface area contributed by atoms with Gasteiger partial charge in [0.1, 0.15) is 17.3 Å². The number of phenols is 1. The third-order valence-corrected chi connectivity index (χ3v) is 6.42. The number of aromatic hydroxyl groups is 1. The fourth-order valence-electron chi connectivity index (χ4n) is 4.74. The van der Waals surface area contributed by atoms with Gasteiger partial charge in [0.15, 0.2) is 5.65 Å². The van der Waals surface area contributed by atoms with E-state index in [1.54, 1.807) is 24.8 Å². The number of phenolic OH excluding ortho intramolecular Hbond substituents is 1. The second kappa shape index (κ2) is 9.57. The number of H-pyrrole nitrogens is 2. The van der Waals surface area contributed by atoms with Crippen molar-refractivity contribution >= 4 is 33.5 Å². The normalized spacial score (nSPS) is 11.8. The summed E-state index contributed by atoms with van der Waals surface area (Å²) >= 11 is 0. The number of fused-ring (bicyclic) bond motifs is 2. The van der Waals surface area contributed by atoms with Gasteiger partial charge < -0.3 is 15.4 Å². The summed E-state index contributed by atoms with van der Waals surface area (Å²) in [6.07, 6.45) is 7.09. The lowest BCUT2D eigenvalue weighted by Gasteiger charge is -2.17. The molecule has 0 spiro atoms. The van der Waals surface area contributed by atoms with Gasteiger partial charge in [0.25, 0.3) is 0 Å². The minimum atomic E-state index is -0.547. The number of nitrogens with zero attached hydrogens (tertiary/aromatic N) is 4. The third kappa shape index (κ3) is 4.98. The molecular formula is C30H26FN7O2. The summed E-state index contributed by atoms with van der Waals surface area (Å²) in [5, 5.41) is 21.9. The molecule has 0 bridgehead atoms. The minimum absolute atomic E-state index is 0.0710. The predicted octanol–water partition coefficient (Wildman–Crippen LogP) is 6.45. The molecule has 4 N–H and O–H groups in total. The highest BCUT2D eigenvalue weighted by Crippen LogP contribution is 2.35. The molecule has 0 unspecified atom stereocenters. The number of benzene rings is 1. The van der Waals surface area contributed by atoms with Gasteiger partial charge in [0.2, 0.25) is 5.91 Å². The molecule has 0 aliphatic carbocycles. The van der Waals surface area contributed by atoms with E-state index in [2.05, 4.69) is 35.5 Å². The van der Waals surface area contributed by atoms with E-state index in [1.165, 1.54) is 12.1 Å². The van der Waals surface area contributed by atoms with Gasteiger partial charge in [-0.2, -0.15) is 5.10 Å². The van der Waals surface area contributed by atoms with Crippen LogP contribution in [0.2, 0.25) is 0 Å². The summed E-state index contributed by atoms with van der Waals surface area (Å²) in [6, 6.07) is 11.4. The van der Waals surface area contributed by atoms with E-state index in [9.17, 15) is 14.3 Å². The number of aromatic nitrogens is 6. The summed E-state index contributed by atoms with van der Waals surface area (Å²) in [6.45, 7) is 6.05. The topological polar surface area (TPSA) is 132 Å². The molecule has 0 atom stereocenters.